The average Bonchev–Trinajstić information content (AvgIpc) is 2.42. The van der Waals surface area contributed by atoms with Crippen LogP contribution in [0.15, 0.2) is 18.2 Å². The molecule has 0 fully saturated rings. The van der Waals surface area contributed by atoms with Crippen LogP contribution in [-0.2, 0) is 0 Å². The lowest BCUT2D eigenvalue weighted by Gasteiger charge is -2.10. The third-order valence-corrected chi connectivity index (χ3v) is 3.57. The first-order chi connectivity index (χ1) is 9.99. The standard InChI is InChI=1S/C14H14Cl3N3O/c1-3-4-18-14-19-8(2)5-13(20-14)21-12-7-10(16)9(15)6-11(12)17/h5-7H,3-4H2,1-2H3,(H,18,19,20). The van der Waals surface area contributed by atoms with Gasteiger partial charge in [0.1, 0.15) is 5.75 Å². The molecule has 112 valence electrons. The third kappa shape index (κ3) is 4.37. The van der Waals surface area contributed by atoms with Gasteiger partial charge in [-0.3, -0.25) is 0 Å². The van der Waals surface area contributed by atoms with E-state index in [1.807, 2.05) is 6.92 Å². The highest BCUT2D eigenvalue weighted by molar-refractivity contribution is 6.43. The van der Waals surface area contributed by atoms with Crippen molar-refractivity contribution in [3.63, 3.8) is 0 Å². The van der Waals surface area contributed by atoms with Gasteiger partial charge in [0.25, 0.3) is 0 Å². The molecule has 1 N–H and O–H groups in total. The van der Waals surface area contributed by atoms with Crippen molar-refractivity contribution in [1.29, 1.82) is 0 Å². The van der Waals surface area contributed by atoms with E-state index in [1.54, 1.807) is 12.1 Å². The van der Waals surface area contributed by atoms with Crippen molar-refractivity contribution >= 4 is 40.8 Å². The second-order valence-corrected chi connectivity index (χ2v) is 5.62. The Bertz CT molecular complexity index is 650. The summed E-state index contributed by atoms with van der Waals surface area (Å²) in [5, 5.41) is 4.22. The Labute approximate surface area is 138 Å². The van der Waals surface area contributed by atoms with Gasteiger partial charge in [-0.1, -0.05) is 41.7 Å². The van der Waals surface area contributed by atoms with Crippen LogP contribution >= 0.6 is 34.8 Å². The van der Waals surface area contributed by atoms with Crippen LogP contribution in [0.4, 0.5) is 5.95 Å². The molecule has 7 heteroatoms. The number of anilines is 1. The Morgan fingerprint density at radius 3 is 2.48 bits per heavy atom. The van der Waals surface area contributed by atoms with Crippen molar-refractivity contribution in [3.05, 3.63) is 39.0 Å². The van der Waals surface area contributed by atoms with Crippen molar-refractivity contribution in [1.82, 2.24) is 9.97 Å². The fraction of sp³-hybridized carbons (Fsp3) is 0.286. The van der Waals surface area contributed by atoms with Crippen molar-refractivity contribution in [3.8, 4) is 11.6 Å². The Hall–Kier alpha value is -1.23. The second kappa shape index (κ2) is 7.16. The Kier molecular flexibility index (Phi) is 5.51. The highest BCUT2D eigenvalue weighted by Gasteiger charge is 2.10. The largest absolute Gasteiger partial charge is 0.437 e. The first-order valence-corrected chi connectivity index (χ1v) is 7.55. The number of halogens is 3. The molecule has 0 aliphatic heterocycles. The molecule has 4 nitrogen and oxygen atoms in total. The number of rotatable bonds is 5. The molecule has 0 amide bonds. The van der Waals surface area contributed by atoms with Gasteiger partial charge in [0.2, 0.25) is 11.8 Å². The van der Waals surface area contributed by atoms with E-state index in [2.05, 4.69) is 22.2 Å². The van der Waals surface area contributed by atoms with Crippen molar-refractivity contribution < 1.29 is 4.74 Å². The number of nitrogens with one attached hydrogen (secondary N) is 1. The minimum atomic E-state index is 0.365. The van der Waals surface area contributed by atoms with Gasteiger partial charge in [0.05, 0.1) is 15.1 Å². The summed E-state index contributed by atoms with van der Waals surface area (Å²) in [6, 6.07) is 4.81. The molecule has 1 heterocycles. The van der Waals surface area contributed by atoms with E-state index in [1.165, 1.54) is 6.07 Å². The molecular formula is C14H14Cl3N3O. The van der Waals surface area contributed by atoms with Crippen LogP contribution in [0, 0.1) is 6.92 Å². The number of hydrogen-bond acceptors (Lipinski definition) is 4. The quantitative estimate of drug-likeness (QED) is 0.740. The molecule has 0 atom stereocenters. The summed E-state index contributed by atoms with van der Waals surface area (Å²) in [6.45, 7) is 4.72. The molecule has 1 aromatic carbocycles. The van der Waals surface area contributed by atoms with Crippen molar-refractivity contribution in [2.75, 3.05) is 11.9 Å². The molecule has 1 aromatic heterocycles. The van der Waals surface area contributed by atoms with E-state index in [9.17, 15) is 0 Å². The lowest BCUT2D eigenvalue weighted by atomic mass is 10.3. The maximum Gasteiger partial charge on any atom is 0.226 e. The zero-order valence-electron chi connectivity index (χ0n) is 11.6. The monoisotopic (exact) mass is 345 g/mol. The topological polar surface area (TPSA) is 47.0 Å². The van der Waals surface area contributed by atoms with Crippen LogP contribution in [0.1, 0.15) is 19.0 Å². The third-order valence-electron chi connectivity index (χ3n) is 2.55. The first kappa shape index (κ1) is 16.1. The number of nitrogens with zero attached hydrogens (tertiary/aromatic N) is 2. The highest BCUT2D eigenvalue weighted by Crippen LogP contribution is 2.36. The highest BCUT2D eigenvalue weighted by atomic mass is 35.5. The normalized spacial score (nSPS) is 10.5. The predicted molar refractivity (Wildman–Crippen MR) is 87.1 cm³/mol. The summed E-state index contributed by atoms with van der Waals surface area (Å²) >= 11 is 17.9. The summed E-state index contributed by atoms with van der Waals surface area (Å²) < 4.78 is 5.68. The summed E-state index contributed by atoms with van der Waals surface area (Å²) in [4.78, 5) is 8.57. The Morgan fingerprint density at radius 2 is 1.76 bits per heavy atom. The molecule has 0 radical (unpaired) electrons. The molecule has 0 unspecified atom stereocenters. The van der Waals surface area contributed by atoms with E-state index in [0.29, 0.717) is 32.6 Å². The molecule has 0 aliphatic carbocycles. The predicted octanol–water partition coefficient (Wildman–Crippen LogP) is 5.36. The number of benzene rings is 1. The fourth-order valence-corrected chi connectivity index (χ4v) is 2.18. The molecular weight excluding hydrogens is 333 g/mol. The number of hydrogen-bond donors (Lipinski definition) is 1. The fourth-order valence-electron chi connectivity index (χ4n) is 1.60. The van der Waals surface area contributed by atoms with Crippen LogP contribution in [0.2, 0.25) is 15.1 Å². The summed E-state index contributed by atoms with van der Waals surface area (Å²) in [5.41, 5.74) is 0.787. The molecule has 0 bridgehead atoms. The molecule has 0 aliphatic rings. The van der Waals surface area contributed by atoms with E-state index < -0.39 is 0 Å². The first-order valence-electron chi connectivity index (χ1n) is 6.41. The Morgan fingerprint density at radius 1 is 1.05 bits per heavy atom. The summed E-state index contributed by atoms with van der Waals surface area (Å²) in [5.74, 6) is 1.30. The number of aromatic nitrogens is 2. The van der Waals surface area contributed by atoms with Gasteiger partial charge in [-0.25, -0.2) is 4.98 Å². The van der Waals surface area contributed by atoms with Gasteiger partial charge >= 0.3 is 0 Å². The van der Waals surface area contributed by atoms with Crippen molar-refractivity contribution in [2.24, 2.45) is 0 Å². The summed E-state index contributed by atoms with van der Waals surface area (Å²) in [6.07, 6.45) is 0.978. The maximum absolute atomic E-state index is 6.09. The van der Waals surface area contributed by atoms with Crippen LogP contribution in [-0.4, -0.2) is 16.5 Å². The zero-order chi connectivity index (χ0) is 15.4. The lowest BCUT2D eigenvalue weighted by molar-refractivity contribution is 0.462. The minimum absolute atomic E-state index is 0.365. The van der Waals surface area contributed by atoms with Gasteiger partial charge in [0.15, 0.2) is 0 Å². The van der Waals surface area contributed by atoms with E-state index in [0.717, 1.165) is 18.7 Å². The zero-order valence-corrected chi connectivity index (χ0v) is 13.9. The van der Waals surface area contributed by atoms with Gasteiger partial charge in [0, 0.05) is 24.4 Å². The molecule has 0 spiro atoms. The van der Waals surface area contributed by atoms with Gasteiger partial charge in [-0.05, 0) is 19.4 Å². The number of aryl methyl sites for hydroxylation is 1. The molecule has 2 aromatic rings. The van der Waals surface area contributed by atoms with Crippen LogP contribution in [0.25, 0.3) is 0 Å². The Balaban J connectivity index is 2.27. The van der Waals surface area contributed by atoms with Gasteiger partial charge < -0.3 is 10.1 Å². The molecule has 2 rings (SSSR count). The second-order valence-electron chi connectivity index (χ2n) is 4.40. The van der Waals surface area contributed by atoms with E-state index >= 15 is 0 Å². The SMILES string of the molecule is CCCNc1nc(C)cc(Oc2cc(Cl)c(Cl)cc2Cl)n1. The average molecular weight is 347 g/mol. The smallest absolute Gasteiger partial charge is 0.226 e. The van der Waals surface area contributed by atoms with Crippen LogP contribution in [0.3, 0.4) is 0 Å². The van der Waals surface area contributed by atoms with E-state index in [4.69, 9.17) is 39.5 Å². The maximum atomic E-state index is 6.09. The van der Waals surface area contributed by atoms with E-state index in [-0.39, 0.29) is 0 Å². The van der Waals surface area contributed by atoms with Crippen LogP contribution in [0.5, 0.6) is 11.6 Å². The van der Waals surface area contributed by atoms with Gasteiger partial charge in [-0.15, -0.1) is 0 Å². The van der Waals surface area contributed by atoms with Crippen molar-refractivity contribution in [2.45, 2.75) is 20.3 Å². The molecule has 21 heavy (non-hydrogen) atoms. The molecule has 0 saturated heterocycles. The number of ether oxygens (including phenoxy) is 1. The minimum Gasteiger partial charge on any atom is -0.437 e. The lowest BCUT2D eigenvalue weighted by Crippen LogP contribution is -2.05. The van der Waals surface area contributed by atoms with Crippen LogP contribution < -0.4 is 10.1 Å². The van der Waals surface area contributed by atoms with Gasteiger partial charge in [-0.2, -0.15) is 4.98 Å². The molecule has 0 saturated carbocycles. The summed E-state index contributed by atoms with van der Waals surface area (Å²) in [7, 11) is 0.